The van der Waals surface area contributed by atoms with E-state index in [4.69, 9.17) is 6.57 Å². The molecule has 0 spiro atoms. The van der Waals surface area contributed by atoms with Gasteiger partial charge < -0.3 is 9.80 Å². The molecule has 0 heterocycles. The lowest BCUT2D eigenvalue weighted by Gasteiger charge is -2.12. The fraction of sp³-hybridized carbons (Fsp3) is 0.125. The summed E-state index contributed by atoms with van der Waals surface area (Å²) in [6.45, 7) is 7.83. The van der Waals surface area contributed by atoms with E-state index in [2.05, 4.69) is 69.2 Å². The minimum absolute atomic E-state index is 0.556. The zero-order valence-corrected chi connectivity index (χ0v) is 21.0. The Morgan fingerprint density at radius 1 is 0.639 bits per heavy atom. The maximum Gasteiger partial charge on any atom is 0.202 e. The van der Waals surface area contributed by atoms with Crippen LogP contribution in [0.1, 0.15) is 27.8 Å². The normalized spacial score (nSPS) is 11.1. The van der Waals surface area contributed by atoms with E-state index in [0.717, 1.165) is 44.4 Å². The van der Waals surface area contributed by atoms with Gasteiger partial charge in [-0.05, 0) is 57.3 Å². The number of nitrogens with zero attached hydrogens (tertiary/aromatic N) is 4. The van der Waals surface area contributed by atoms with Crippen LogP contribution in [0.2, 0.25) is 0 Å². The molecule has 0 amide bonds. The minimum atomic E-state index is 0.556. The van der Waals surface area contributed by atoms with Crippen LogP contribution >= 0.6 is 0 Å². The molecule has 0 bridgehead atoms. The number of nitriles is 1. The summed E-state index contributed by atoms with van der Waals surface area (Å²) >= 11 is 0. The zero-order chi connectivity index (χ0) is 25.7. The highest BCUT2D eigenvalue weighted by atomic mass is 15.1. The van der Waals surface area contributed by atoms with E-state index >= 15 is 0 Å². The fourth-order valence-electron chi connectivity index (χ4n) is 4.09. The van der Waals surface area contributed by atoms with E-state index < -0.39 is 0 Å². The van der Waals surface area contributed by atoms with Crippen LogP contribution in [0.5, 0.6) is 0 Å². The molecule has 0 aromatic heterocycles. The summed E-state index contributed by atoms with van der Waals surface area (Å²) < 4.78 is 0. The molecule has 4 heteroatoms. The number of benzene rings is 4. The number of rotatable bonds is 6. The molecule has 0 saturated heterocycles. The third-order valence-corrected chi connectivity index (χ3v) is 6.19. The van der Waals surface area contributed by atoms with E-state index in [0.29, 0.717) is 11.3 Å². The Hall–Kier alpha value is -4.80. The summed E-state index contributed by atoms with van der Waals surface area (Å²) in [4.78, 5) is 7.95. The smallest absolute Gasteiger partial charge is 0.202 e. The van der Waals surface area contributed by atoms with Gasteiger partial charge in [0.1, 0.15) is 6.07 Å². The Morgan fingerprint density at radius 3 is 1.58 bits per heavy atom. The molecule has 4 aromatic carbocycles. The summed E-state index contributed by atoms with van der Waals surface area (Å²) in [6, 6.07) is 26.6. The van der Waals surface area contributed by atoms with E-state index in [1.54, 1.807) is 0 Å². The van der Waals surface area contributed by atoms with Crippen LogP contribution < -0.4 is 9.80 Å². The molecular weight excluding hydrogens is 440 g/mol. The predicted molar refractivity (Wildman–Crippen MR) is 154 cm³/mol. The highest BCUT2D eigenvalue weighted by Gasteiger charge is 2.11. The third kappa shape index (κ3) is 5.14. The molecule has 0 saturated carbocycles. The van der Waals surface area contributed by atoms with Crippen LogP contribution in [0.15, 0.2) is 72.8 Å². The molecule has 0 aliphatic rings. The van der Waals surface area contributed by atoms with Gasteiger partial charge in [-0.25, -0.2) is 4.85 Å². The van der Waals surface area contributed by atoms with Gasteiger partial charge in [0.2, 0.25) is 5.69 Å². The van der Waals surface area contributed by atoms with Crippen molar-refractivity contribution in [2.75, 3.05) is 38.0 Å². The molecule has 4 rings (SSSR count). The van der Waals surface area contributed by atoms with Crippen LogP contribution in [-0.2, 0) is 0 Å². The Kier molecular flexibility index (Phi) is 7.19. The van der Waals surface area contributed by atoms with Crippen molar-refractivity contribution in [1.82, 2.24) is 0 Å². The molecule has 0 aliphatic carbocycles. The van der Waals surface area contributed by atoms with Gasteiger partial charge in [0, 0.05) is 39.6 Å². The first kappa shape index (κ1) is 24.3. The van der Waals surface area contributed by atoms with E-state index in [9.17, 15) is 5.26 Å². The molecule has 0 unspecified atom stereocenters. The van der Waals surface area contributed by atoms with Gasteiger partial charge in [0.15, 0.2) is 0 Å². The van der Waals surface area contributed by atoms with Gasteiger partial charge in [0.05, 0.1) is 12.1 Å². The molecule has 0 atom stereocenters. The first-order chi connectivity index (χ1) is 17.4. The Morgan fingerprint density at radius 2 is 1.11 bits per heavy atom. The Labute approximate surface area is 213 Å². The second kappa shape index (κ2) is 10.6. The minimum Gasteiger partial charge on any atom is -0.378 e. The van der Waals surface area contributed by atoms with Crippen molar-refractivity contribution in [2.45, 2.75) is 0 Å². The maximum absolute atomic E-state index is 9.97. The zero-order valence-electron chi connectivity index (χ0n) is 21.0. The quantitative estimate of drug-likeness (QED) is 0.214. The summed E-state index contributed by atoms with van der Waals surface area (Å²) in [6.07, 6.45) is 7.95. The first-order valence-corrected chi connectivity index (χ1v) is 11.7. The van der Waals surface area contributed by atoms with Gasteiger partial charge in [-0.1, -0.05) is 72.8 Å². The van der Waals surface area contributed by atoms with E-state index in [1.807, 2.05) is 76.8 Å². The summed E-state index contributed by atoms with van der Waals surface area (Å²) in [5, 5.41) is 11.6. The second-order valence-electron chi connectivity index (χ2n) is 8.99. The highest BCUT2D eigenvalue weighted by Crippen LogP contribution is 2.35. The van der Waals surface area contributed by atoms with E-state index in [1.165, 1.54) is 0 Å². The second-order valence-corrected chi connectivity index (χ2v) is 8.99. The van der Waals surface area contributed by atoms with Crippen molar-refractivity contribution in [3.8, 4) is 6.07 Å². The predicted octanol–water partition coefficient (Wildman–Crippen LogP) is 7.74. The number of fused-ring (bicyclic) bond motifs is 1. The summed E-state index contributed by atoms with van der Waals surface area (Å²) in [5.41, 5.74) is 7.20. The Bertz CT molecular complexity index is 1410. The molecule has 176 valence electrons. The lowest BCUT2D eigenvalue weighted by atomic mass is 9.95. The standard InChI is InChI=1S/C32H28N4/c1-34-32-26(13-7-24-10-18-28(19-11-24)36(4)5)15-20-29-30(32)21-14-25(31(29)22-33)12-6-23-8-16-27(17-9-23)35(2)3/h6-21H,2-5H3. The molecular formula is C32H28N4. The van der Waals surface area contributed by atoms with Gasteiger partial charge in [0.25, 0.3) is 0 Å². The summed E-state index contributed by atoms with van der Waals surface area (Å²) in [5.74, 6) is 0. The van der Waals surface area contributed by atoms with Gasteiger partial charge in [-0.15, -0.1) is 0 Å². The van der Waals surface area contributed by atoms with Crippen molar-refractivity contribution in [3.05, 3.63) is 112 Å². The fourth-order valence-corrected chi connectivity index (χ4v) is 4.09. The van der Waals surface area contributed by atoms with Crippen LogP contribution in [0.4, 0.5) is 17.1 Å². The highest BCUT2D eigenvalue weighted by molar-refractivity contribution is 6.03. The van der Waals surface area contributed by atoms with Crippen molar-refractivity contribution in [1.29, 1.82) is 5.26 Å². The monoisotopic (exact) mass is 468 g/mol. The van der Waals surface area contributed by atoms with Crippen molar-refractivity contribution < 1.29 is 0 Å². The Balaban J connectivity index is 1.67. The number of hydrogen-bond donors (Lipinski definition) is 0. The molecule has 4 aromatic rings. The molecule has 36 heavy (non-hydrogen) atoms. The van der Waals surface area contributed by atoms with Crippen molar-refractivity contribution in [3.63, 3.8) is 0 Å². The molecule has 0 aliphatic heterocycles. The van der Waals surface area contributed by atoms with Crippen LogP contribution in [0.25, 0.3) is 39.9 Å². The van der Waals surface area contributed by atoms with Crippen LogP contribution in [-0.4, -0.2) is 28.2 Å². The molecule has 4 nitrogen and oxygen atoms in total. The van der Waals surface area contributed by atoms with Gasteiger partial charge in [-0.2, -0.15) is 5.26 Å². The molecule has 0 N–H and O–H groups in total. The maximum atomic E-state index is 9.97. The summed E-state index contributed by atoms with van der Waals surface area (Å²) in [7, 11) is 8.06. The number of anilines is 2. The lowest BCUT2D eigenvalue weighted by Crippen LogP contribution is -2.07. The average molecular weight is 469 g/mol. The SMILES string of the molecule is [C-]#[N+]c1c(C=Cc2ccc(N(C)C)cc2)ccc2c(C#N)c(C=Cc3ccc(N(C)C)cc3)ccc12. The van der Waals surface area contributed by atoms with Gasteiger partial charge in [-0.3, -0.25) is 0 Å². The average Bonchev–Trinajstić information content (AvgIpc) is 2.90. The van der Waals surface area contributed by atoms with Crippen molar-refractivity contribution >= 4 is 52.1 Å². The lowest BCUT2D eigenvalue weighted by molar-refractivity contribution is 1.13. The molecule has 0 fully saturated rings. The number of hydrogen-bond acceptors (Lipinski definition) is 3. The van der Waals surface area contributed by atoms with E-state index in [-0.39, 0.29) is 0 Å². The topological polar surface area (TPSA) is 34.6 Å². The van der Waals surface area contributed by atoms with Crippen LogP contribution in [0.3, 0.4) is 0 Å². The largest absolute Gasteiger partial charge is 0.378 e. The van der Waals surface area contributed by atoms with Crippen LogP contribution in [0, 0.1) is 17.9 Å². The van der Waals surface area contributed by atoms with Crippen molar-refractivity contribution in [2.24, 2.45) is 0 Å². The molecule has 0 radical (unpaired) electrons. The first-order valence-electron chi connectivity index (χ1n) is 11.7. The van der Waals surface area contributed by atoms with Gasteiger partial charge >= 0.3 is 0 Å². The third-order valence-electron chi connectivity index (χ3n) is 6.19.